The predicted molar refractivity (Wildman–Crippen MR) is 61.6 cm³/mol. The summed E-state index contributed by atoms with van der Waals surface area (Å²) in [6.07, 6.45) is 1.59. The standard InChI is InChI=1S/C10H10F2N4O2S/c11-7-3-8(12)5-9(4-7)19(17,18)15-2-1-10-13-6-14-16-10/h3-6,15H,1-2H2,(H,13,14,16). The summed E-state index contributed by atoms with van der Waals surface area (Å²) in [6.45, 7) is 0.0374. The van der Waals surface area contributed by atoms with E-state index in [4.69, 9.17) is 0 Å². The molecule has 1 heterocycles. The second kappa shape index (κ2) is 5.41. The zero-order valence-corrected chi connectivity index (χ0v) is 10.4. The van der Waals surface area contributed by atoms with Gasteiger partial charge in [0, 0.05) is 19.0 Å². The van der Waals surface area contributed by atoms with E-state index < -0.39 is 26.6 Å². The van der Waals surface area contributed by atoms with Gasteiger partial charge in [0.15, 0.2) is 0 Å². The van der Waals surface area contributed by atoms with E-state index in [1.165, 1.54) is 6.33 Å². The van der Waals surface area contributed by atoms with Gasteiger partial charge in [0.1, 0.15) is 23.8 Å². The lowest BCUT2D eigenvalue weighted by molar-refractivity contribution is 0.561. The quantitative estimate of drug-likeness (QED) is 0.843. The van der Waals surface area contributed by atoms with Gasteiger partial charge in [-0.1, -0.05) is 0 Å². The molecule has 0 aliphatic heterocycles. The first-order chi connectivity index (χ1) is 8.97. The lowest BCUT2D eigenvalue weighted by Crippen LogP contribution is -2.26. The Bertz CT molecular complexity index is 638. The highest BCUT2D eigenvalue weighted by atomic mass is 32.2. The van der Waals surface area contributed by atoms with E-state index in [9.17, 15) is 17.2 Å². The Kier molecular flexibility index (Phi) is 3.86. The molecular weight excluding hydrogens is 278 g/mol. The van der Waals surface area contributed by atoms with Crippen molar-refractivity contribution in [2.45, 2.75) is 11.3 Å². The van der Waals surface area contributed by atoms with E-state index in [-0.39, 0.29) is 13.0 Å². The number of H-pyrrole nitrogens is 1. The van der Waals surface area contributed by atoms with Crippen molar-refractivity contribution in [3.63, 3.8) is 0 Å². The van der Waals surface area contributed by atoms with E-state index >= 15 is 0 Å². The normalized spacial score (nSPS) is 11.7. The first-order valence-electron chi connectivity index (χ1n) is 5.27. The van der Waals surface area contributed by atoms with E-state index in [0.717, 1.165) is 12.1 Å². The SMILES string of the molecule is O=S(=O)(NCCc1ncn[nH]1)c1cc(F)cc(F)c1. The van der Waals surface area contributed by atoms with Gasteiger partial charge >= 0.3 is 0 Å². The number of nitrogens with zero attached hydrogens (tertiary/aromatic N) is 2. The minimum atomic E-state index is -3.95. The van der Waals surface area contributed by atoms with Gasteiger partial charge in [-0.25, -0.2) is 26.9 Å². The van der Waals surface area contributed by atoms with Gasteiger partial charge in [-0.3, -0.25) is 5.10 Å². The number of nitrogens with one attached hydrogen (secondary N) is 2. The molecule has 0 spiro atoms. The molecule has 6 nitrogen and oxygen atoms in total. The molecule has 0 aliphatic carbocycles. The topological polar surface area (TPSA) is 87.7 Å². The van der Waals surface area contributed by atoms with Crippen molar-refractivity contribution in [3.05, 3.63) is 42.0 Å². The Morgan fingerprint density at radius 3 is 2.47 bits per heavy atom. The van der Waals surface area contributed by atoms with Crippen LogP contribution in [0.3, 0.4) is 0 Å². The summed E-state index contributed by atoms with van der Waals surface area (Å²) in [6, 6.07) is 2.10. The molecule has 19 heavy (non-hydrogen) atoms. The maximum absolute atomic E-state index is 12.9. The van der Waals surface area contributed by atoms with Crippen LogP contribution in [0.2, 0.25) is 0 Å². The van der Waals surface area contributed by atoms with Crippen molar-refractivity contribution in [2.24, 2.45) is 0 Å². The number of aromatic amines is 1. The summed E-state index contributed by atoms with van der Waals surface area (Å²) in [5.41, 5.74) is 0. The summed E-state index contributed by atoms with van der Waals surface area (Å²) >= 11 is 0. The van der Waals surface area contributed by atoms with Crippen LogP contribution in [0.5, 0.6) is 0 Å². The third kappa shape index (κ3) is 3.55. The summed E-state index contributed by atoms with van der Waals surface area (Å²) < 4.78 is 51.7. The largest absolute Gasteiger partial charge is 0.263 e. The van der Waals surface area contributed by atoms with E-state index in [1.807, 2.05) is 0 Å². The molecule has 0 saturated carbocycles. The second-order valence-electron chi connectivity index (χ2n) is 3.69. The number of hydrogen-bond donors (Lipinski definition) is 2. The van der Waals surface area contributed by atoms with Crippen LogP contribution in [-0.4, -0.2) is 30.1 Å². The lowest BCUT2D eigenvalue weighted by atomic mass is 10.3. The molecular formula is C10H10F2N4O2S. The molecule has 102 valence electrons. The van der Waals surface area contributed by atoms with Gasteiger partial charge in [0.2, 0.25) is 10.0 Å². The summed E-state index contributed by atoms with van der Waals surface area (Å²) in [5.74, 6) is -1.39. The van der Waals surface area contributed by atoms with Crippen LogP contribution in [0.15, 0.2) is 29.4 Å². The first kappa shape index (κ1) is 13.6. The average molecular weight is 288 g/mol. The Morgan fingerprint density at radius 2 is 1.89 bits per heavy atom. The molecule has 1 aromatic heterocycles. The maximum Gasteiger partial charge on any atom is 0.240 e. The van der Waals surface area contributed by atoms with Gasteiger partial charge in [-0.2, -0.15) is 5.10 Å². The zero-order valence-electron chi connectivity index (χ0n) is 9.60. The fourth-order valence-corrected chi connectivity index (χ4v) is 2.49. The van der Waals surface area contributed by atoms with Crippen LogP contribution in [0.4, 0.5) is 8.78 Å². The number of sulfonamides is 1. The Morgan fingerprint density at radius 1 is 1.21 bits per heavy atom. The monoisotopic (exact) mass is 288 g/mol. The van der Waals surface area contributed by atoms with E-state index in [1.54, 1.807) is 0 Å². The van der Waals surface area contributed by atoms with Crippen molar-refractivity contribution in [1.29, 1.82) is 0 Å². The zero-order chi connectivity index (χ0) is 13.9. The molecule has 1 aromatic carbocycles. The molecule has 0 saturated heterocycles. The van der Waals surface area contributed by atoms with Crippen LogP contribution < -0.4 is 4.72 Å². The minimum absolute atomic E-state index is 0.0374. The lowest BCUT2D eigenvalue weighted by Gasteiger charge is -2.06. The number of aromatic nitrogens is 3. The maximum atomic E-state index is 12.9. The van der Waals surface area contributed by atoms with Crippen LogP contribution in [0.1, 0.15) is 5.82 Å². The summed E-state index contributed by atoms with van der Waals surface area (Å²) in [7, 11) is -3.95. The molecule has 2 N–H and O–H groups in total. The van der Waals surface area contributed by atoms with E-state index in [0.29, 0.717) is 11.9 Å². The van der Waals surface area contributed by atoms with Gasteiger partial charge in [0.05, 0.1) is 4.90 Å². The first-order valence-corrected chi connectivity index (χ1v) is 6.76. The molecule has 9 heteroatoms. The summed E-state index contributed by atoms with van der Waals surface area (Å²) in [5, 5.41) is 6.17. The molecule has 2 rings (SSSR count). The van der Waals surface area contributed by atoms with Crippen LogP contribution >= 0.6 is 0 Å². The molecule has 0 amide bonds. The third-order valence-corrected chi connectivity index (χ3v) is 3.71. The summed E-state index contributed by atoms with van der Waals surface area (Å²) in [4.78, 5) is 3.36. The average Bonchev–Trinajstić information content (AvgIpc) is 2.80. The fraction of sp³-hybridized carbons (Fsp3) is 0.200. The molecule has 0 radical (unpaired) electrons. The third-order valence-electron chi connectivity index (χ3n) is 2.27. The Hall–Kier alpha value is -1.87. The van der Waals surface area contributed by atoms with Crippen molar-refractivity contribution < 1.29 is 17.2 Å². The van der Waals surface area contributed by atoms with Gasteiger partial charge in [-0.15, -0.1) is 0 Å². The second-order valence-corrected chi connectivity index (χ2v) is 5.45. The smallest absolute Gasteiger partial charge is 0.240 e. The Balaban J connectivity index is 2.05. The minimum Gasteiger partial charge on any atom is -0.263 e. The molecule has 2 aromatic rings. The number of hydrogen-bond acceptors (Lipinski definition) is 4. The molecule has 0 bridgehead atoms. The van der Waals surface area contributed by atoms with Gasteiger partial charge < -0.3 is 0 Å². The van der Waals surface area contributed by atoms with Crippen molar-refractivity contribution in [1.82, 2.24) is 19.9 Å². The highest BCUT2D eigenvalue weighted by molar-refractivity contribution is 7.89. The molecule has 0 aliphatic rings. The number of rotatable bonds is 5. The van der Waals surface area contributed by atoms with Gasteiger partial charge in [0.25, 0.3) is 0 Å². The number of halogens is 2. The van der Waals surface area contributed by atoms with Crippen LogP contribution in [0.25, 0.3) is 0 Å². The predicted octanol–water partition coefficient (Wildman–Crippen LogP) is 0.604. The molecule has 0 fully saturated rings. The number of benzene rings is 1. The molecule has 0 unspecified atom stereocenters. The van der Waals surface area contributed by atoms with Crippen molar-refractivity contribution in [3.8, 4) is 0 Å². The van der Waals surface area contributed by atoms with Crippen LogP contribution in [0, 0.1) is 11.6 Å². The van der Waals surface area contributed by atoms with Crippen molar-refractivity contribution >= 4 is 10.0 Å². The van der Waals surface area contributed by atoms with Crippen LogP contribution in [-0.2, 0) is 16.4 Å². The van der Waals surface area contributed by atoms with Crippen molar-refractivity contribution in [2.75, 3.05) is 6.54 Å². The van der Waals surface area contributed by atoms with E-state index in [2.05, 4.69) is 19.9 Å². The fourth-order valence-electron chi connectivity index (χ4n) is 1.42. The highest BCUT2D eigenvalue weighted by Crippen LogP contribution is 2.13. The molecule has 0 atom stereocenters. The Labute approximate surface area is 107 Å². The highest BCUT2D eigenvalue weighted by Gasteiger charge is 2.16. The van der Waals surface area contributed by atoms with Gasteiger partial charge in [-0.05, 0) is 12.1 Å².